The van der Waals surface area contributed by atoms with Crippen LogP contribution in [0.2, 0.25) is 0 Å². The van der Waals surface area contributed by atoms with E-state index in [1.807, 2.05) is 46.9 Å². The van der Waals surface area contributed by atoms with Gasteiger partial charge in [-0.1, -0.05) is 64.3 Å². The van der Waals surface area contributed by atoms with Gasteiger partial charge in [-0.15, -0.1) is 0 Å². The van der Waals surface area contributed by atoms with Crippen molar-refractivity contribution in [3.8, 4) is 0 Å². The number of hydrogen-bond acceptors (Lipinski definition) is 3. The quantitative estimate of drug-likeness (QED) is 0.321. The molecule has 0 saturated heterocycles. The summed E-state index contributed by atoms with van der Waals surface area (Å²) in [4.78, 5) is 0. The molecule has 0 amide bonds. The fourth-order valence-electron chi connectivity index (χ4n) is 2.61. The zero-order chi connectivity index (χ0) is 19.3. The van der Waals surface area contributed by atoms with E-state index < -0.39 is 0 Å². The van der Waals surface area contributed by atoms with Gasteiger partial charge in [-0.05, 0) is 53.5 Å². The van der Waals surface area contributed by atoms with Crippen LogP contribution in [0.3, 0.4) is 0 Å². The third kappa shape index (κ3) is 14.9. The summed E-state index contributed by atoms with van der Waals surface area (Å²) in [6.07, 6.45) is 17.2. The molecular formula is C22H45N3. The maximum Gasteiger partial charge on any atom is 0.0544 e. The van der Waals surface area contributed by atoms with Crippen LogP contribution in [-0.2, 0) is 0 Å². The number of hydrazone groups is 1. The Bertz CT molecular complexity index is 335. The molecule has 1 rings (SSSR count). The lowest BCUT2D eigenvalue weighted by Gasteiger charge is -2.32. The van der Waals surface area contributed by atoms with Crippen LogP contribution in [0.25, 0.3) is 0 Å². The second-order valence-electron chi connectivity index (χ2n) is 6.02. The monoisotopic (exact) mass is 351 g/mol. The van der Waals surface area contributed by atoms with Crippen LogP contribution >= 0.6 is 0 Å². The van der Waals surface area contributed by atoms with Crippen LogP contribution in [0, 0.1) is 0 Å². The molecule has 1 aliphatic rings. The first kappa shape index (κ1) is 26.1. The van der Waals surface area contributed by atoms with Crippen LogP contribution in [0.1, 0.15) is 86.5 Å². The van der Waals surface area contributed by atoms with Crippen molar-refractivity contribution in [1.82, 2.24) is 10.3 Å². The molecule has 0 aromatic rings. The Balaban J connectivity index is 0. The molecule has 0 aromatic heterocycles. The Morgan fingerprint density at radius 2 is 1.64 bits per heavy atom. The SMILES string of the molecule is C/C=C/CN(/N=C(\CC)CCNC)C1CCCCC1.C/C=C\C.CC. The van der Waals surface area contributed by atoms with E-state index in [0.717, 1.165) is 25.9 Å². The molecule has 25 heavy (non-hydrogen) atoms. The molecule has 0 atom stereocenters. The summed E-state index contributed by atoms with van der Waals surface area (Å²) in [5, 5.41) is 10.5. The molecule has 0 unspecified atom stereocenters. The first-order valence-electron chi connectivity index (χ1n) is 10.4. The van der Waals surface area contributed by atoms with Crippen LogP contribution < -0.4 is 5.32 Å². The summed E-state index contributed by atoms with van der Waals surface area (Å²) in [5.74, 6) is 0. The predicted octanol–water partition coefficient (Wildman–Crippen LogP) is 6.18. The molecule has 0 radical (unpaired) electrons. The summed E-state index contributed by atoms with van der Waals surface area (Å²) in [5.41, 5.74) is 1.32. The van der Waals surface area contributed by atoms with Crippen LogP contribution in [0.4, 0.5) is 0 Å². The minimum atomic E-state index is 0.654. The lowest BCUT2D eigenvalue weighted by atomic mass is 9.95. The number of rotatable bonds is 8. The zero-order valence-electron chi connectivity index (χ0n) is 18.1. The molecule has 148 valence electrons. The van der Waals surface area contributed by atoms with Gasteiger partial charge in [0.15, 0.2) is 0 Å². The summed E-state index contributed by atoms with van der Waals surface area (Å²) >= 11 is 0. The largest absolute Gasteiger partial charge is 0.319 e. The van der Waals surface area contributed by atoms with Crippen molar-refractivity contribution >= 4 is 5.71 Å². The highest BCUT2D eigenvalue weighted by Crippen LogP contribution is 2.23. The highest BCUT2D eigenvalue weighted by molar-refractivity contribution is 5.84. The summed E-state index contributed by atoms with van der Waals surface area (Å²) in [6, 6.07) is 0.654. The Morgan fingerprint density at radius 1 is 1.04 bits per heavy atom. The van der Waals surface area contributed by atoms with Gasteiger partial charge in [0.2, 0.25) is 0 Å². The lowest BCUT2D eigenvalue weighted by molar-refractivity contribution is 0.178. The normalized spacial score (nSPS) is 15.6. The minimum Gasteiger partial charge on any atom is -0.319 e. The smallest absolute Gasteiger partial charge is 0.0544 e. The van der Waals surface area contributed by atoms with Crippen LogP contribution in [0.15, 0.2) is 29.4 Å². The van der Waals surface area contributed by atoms with Crippen molar-refractivity contribution in [2.75, 3.05) is 20.1 Å². The van der Waals surface area contributed by atoms with E-state index in [9.17, 15) is 0 Å². The zero-order valence-corrected chi connectivity index (χ0v) is 18.1. The van der Waals surface area contributed by atoms with Gasteiger partial charge >= 0.3 is 0 Å². The van der Waals surface area contributed by atoms with E-state index >= 15 is 0 Å². The number of nitrogens with zero attached hydrogens (tertiary/aromatic N) is 2. The van der Waals surface area contributed by atoms with Gasteiger partial charge in [-0.25, -0.2) is 0 Å². The fourth-order valence-corrected chi connectivity index (χ4v) is 2.61. The predicted molar refractivity (Wildman–Crippen MR) is 116 cm³/mol. The van der Waals surface area contributed by atoms with Crippen molar-refractivity contribution in [1.29, 1.82) is 0 Å². The second-order valence-corrected chi connectivity index (χ2v) is 6.02. The highest BCUT2D eigenvalue weighted by Gasteiger charge is 2.19. The third-order valence-corrected chi connectivity index (χ3v) is 4.20. The molecule has 0 bridgehead atoms. The number of allylic oxidation sites excluding steroid dienone is 3. The fraction of sp³-hybridized carbons (Fsp3) is 0.773. The maximum atomic E-state index is 4.95. The van der Waals surface area contributed by atoms with Gasteiger partial charge in [-0.3, -0.25) is 5.01 Å². The molecule has 1 N–H and O–H groups in total. The van der Waals surface area contributed by atoms with Crippen LogP contribution in [0.5, 0.6) is 0 Å². The minimum absolute atomic E-state index is 0.654. The molecule has 0 aromatic carbocycles. The topological polar surface area (TPSA) is 27.6 Å². The van der Waals surface area contributed by atoms with E-state index in [1.54, 1.807) is 0 Å². The Labute approximate surface area is 158 Å². The van der Waals surface area contributed by atoms with Crippen molar-refractivity contribution in [3.05, 3.63) is 24.3 Å². The molecule has 3 nitrogen and oxygen atoms in total. The summed E-state index contributed by atoms with van der Waals surface area (Å²) in [7, 11) is 2.01. The van der Waals surface area contributed by atoms with E-state index in [0.29, 0.717) is 6.04 Å². The average Bonchev–Trinajstić information content (AvgIpc) is 2.70. The van der Waals surface area contributed by atoms with Gasteiger partial charge in [0.25, 0.3) is 0 Å². The average molecular weight is 352 g/mol. The van der Waals surface area contributed by atoms with Crippen molar-refractivity contribution < 1.29 is 0 Å². The molecule has 3 heteroatoms. The van der Waals surface area contributed by atoms with Crippen molar-refractivity contribution in [2.45, 2.75) is 92.5 Å². The number of nitrogens with one attached hydrogen (secondary N) is 1. The van der Waals surface area contributed by atoms with Gasteiger partial charge in [0, 0.05) is 18.3 Å². The van der Waals surface area contributed by atoms with E-state index in [2.05, 4.69) is 36.3 Å². The molecule has 0 heterocycles. The summed E-state index contributed by atoms with van der Waals surface area (Å²) in [6.45, 7) is 14.3. The first-order chi connectivity index (χ1) is 12.2. The Morgan fingerprint density at radius 3 is 2.08 bits per heavy atom. The number of hydrogen-bond donors (Lipinski definition) is 1. The Hall–Kier alpha value is -1.09. The molecule has 1 fully saturated rings. The van der Waals surface area contributed by atoms with E-state index in [1.165, 1.54) is 37.8 Å². The summed E-state index contributed by atoms with van der Waals surface area (Å²) < 4.78 is 0. The molecule has 1 saturated carbocycles. The molecule has 1 aliphatic carbocycles. The third-order valence-electron chi connectivity index (χ3n) is 4.20. The maximum absolute atomic E-state index is 4.95. The molecular weight excluding hydrogens is 306 g/mol. The molecule has 0 aliphatic heterocycles. The van der Waals surface area contributed by atoms with Crippen molar-refractivity contribution in [3.63, 3.8) is 0 Å². The van der Waals surface area contributed by atoms with E-state index in [-0.39, 0.29) is 0 Å². The van der Waals surface area contributed by atoms with Crippen LogP contribution in [-0.4, -0.2) is 36.9 Å². The lowest BCUT2D eigenvalue weighted by Crippen LogP contribution is -2.34. The van der Waals surface area contributed by atoms with Crippen molar-refractivity contribution in [2.24, 2.45) is 5.10 Å². The van der Waals surface area contributed by atoms with Gasteiger partial charge in [0.05, 0.1) is 6.54 Å². The Kier molecular flexibility index (Phi) is 21.9. The standard InChI is InChI=1S/C16H31N3.C4H8.C2H6/c1-4-6-14-19(16-10-8-7-9-11-16)18-15(5-2)12-13-17-3;1-3-4-2;1-2/h4,6,16-17H,5,7-14H2,1-3H3;3-4H,1-2H3;1-2H3/b6-4+,18-15+;4-3-;. The highest BCUT2D eigenvalue weighted by atomic mass is 15.5. The van der Waals surface area contributed by atoms with Gasteiger partial charge < -0.3 is 5.32 Å². The van der Waals surface area contributed by atoms with Gasteiger partial charge in [0.1, 0.15) is 0 Å². The first-order valence-corrected chi connectivity index (χ1v) is 10.4. The van der Waals surface area contributed by atoms with Gasteiger partial charge in [-0.2, -0.15) is 5.10 Å². The second kappa shape index (κ2) is 21.0. The molecule has 0 spiro atoms. The van der Waals surface area contributed by atoms with E-state index in [4.69, 9.17) is 5.10 Å².